The lowest BCUT2D eigenvalue weighted by Crippen LogP contribution is -2.25. The van der Waals surface area contributed by atoms with Crippen LogP contribution in [-0.2, 0) is 27.9 Å². The summed E-state index contributed by atoms with van der Waals surface area (Å²) in [5.74, 6) is -0.534. The van der Waals surface area contributed by atoms with Crippen LogP contribution in [0.25, 0.3) is 10.6 Å². The van der Waals surface area contributed by atoms with Crippen LogP contribution < -0.4 is 0 Å². The van der Waals surface area contributed by atoms with E-state index in [9.17, 15) is 9.18 Å². The molecule has 0 unspecified atom stereocenters. The first kappa shape index (κ1) is 20.2. The van der Waals surface area contributed by atoms with E-state index in [1.807, 2.05) is 16.3 Å². The van der Waals surface area contributed by atoms with E-state index in [1.54, 1.807) is 19.1 Å². The highest BCUT2D eigenvalue weighted by Gasteiger charge is 2.23. The highest BCUT2D eigenvalue weighted by atomic mass is 32.1. The molecule has 5 nitrogen and oxygen atoms in total. The number of benzene rings is 1. The van der Waals surface area contributed by atoms with Crippen LogP contribution in [0.1, 0.15) is 44.6 Å². The maximum Gasteiger partial charge on any atom is 0.311 e. The van der Waals surface area contributed by atoms with Crippen molar-refractivity contribution in [3.05, 3.63) is 58.6 Å². The van der Waals surface area contributed by atoms with E-state index in [0.29, 0.717) is 18.7 Å². The second-order valence-corrected chi connectivity index (χ2v) is 8.37. The molecule has 0 fully saturated rings. The molecule has 1 aromatic carbocycles. The summed E-state index contributed by atoms with van der Waals surface area (Å²) >= 11 is 1.48. The summed E-state index contributed by atoms with van der Waals surface area (Å²) in [4.78, 5) is 16.3. The highest BCUT2D eigenvalue weighted by Crippen LogP contribution is 2.31. The lowest BCUT2D eigenvalue weighted by Gasteiger charge is -2.23. The van der Waals surface area contributed by atoms with E-state index in [1.165, 1.54) is 23.5 Å². The number of hydrogen-bond acceptors (Lipinski definition) is 5. The second kappa shape index (κ2) is 8.22. The van der Waals surface area contributed by atoms with Gasteiger partial charge < -0.3 is 4.74 Å². The molecule has 3 aromatic rings. The Morgan fingerprint density at radius 2 is 1.96 bits per heavy atom. The van der Waals surface area contributed by atoms with Gasteiger partial charge in [0.2, 0.25) is 0 Å². The second-order valence-electron chi connectivity index (χ2n) is 7.52. The van der Waals surface area contributed by atoms with Gasteiger partial charge in [-0.3, -0.25) is 9.48 Å². The van der Waals surface area contributed by atoms with Gasteiger partial charge in [0.15, 0.2) is 0 Å². The number of carbonyl (C=O) groups is 1. The molecule has 3 rings (SSSR count). The van der Waals surface area contributed by atoms with E-state index < -0.39 is 0 Å². The Labute approximate surface area is 168 Å². The smallest absolute Gasteiger partial charge is 0.311 e. The Bertz CT molecular complexity index is 955. The molecule has 0 saturated carbocycles. The zero-order valence-corrected chi connectivity index (χ0v) is 17.3. The first-order valence-electron chi connectivity index (χ1n) is 9.20. The minimum Gasteiger partial charge on any atom is -0.466 e. The number of carbonyl (C=O) groups excluding carboxylic acids is 1. The first-order chi connectivity index (χ1) is 13.3. The summed E-state index contributed by atoms with van der Waals surface area (Å²) in [6.07, 6.45) is 2.59. The molecule has 0 bridgehead atoms. The third kappa shape index (κ3) is 4.65. The molecule has 0 aliphatic rings. The first-order valence-corrected chi connectivity index (χ1v) is 10.1. The predicted molar refractivity (Wildman–Crippen MR) is 108 cm³/mol. The van der Waals surface area contributed by atoms with Gasteiger partial charge in [-0.1, -0.05) is 12.1 Å². The van der Waals surface area contributed by atoms with E-state index in [-0.39, 0.29) is 23.7 Å². The summed E-state index contributed by atoms with van der Waals surface area (Å²) in [6.45, 7) is 8.41. The number of nitrogens with zero attached hydrogens (tertiary/aromatic N) is 3. The van der Waals surface area contributed by atoms with Gasteiger partial charge in [-0.25, -0.2) is 9.37 Å². The van der Waals surface area contributed by atoms with Crippen molar-refractivity contribution in [3.8, 4) is 10.6 Å². The van der Waals surface area contributed by atoms with E-state index >= 15 is 0 Å². The van der Waals surface area contributed by atoms with Crippen molar-refractivity contribution in [2.75, 3.05) is 6.61 Å². The molecule has 2 aromatic heterocycles. The van der Waals surface area contributed by atoms with Crippen LogP contribution in [0.15, 0.2) is 35.8 Å². The van der Waals surface area contributed by atoms with Crippen molar-refractivity contribution < 1.29 is 13.9 Å². The van der Waals surface area contributed by atoms with E-state index in [4.69, 9.17) is 4.74 Å². The Morgan fingerprint density at radius 1 is 1.25 bits per heavy atom. The zero-order chi connectivity index (χ0) is 20.3. The maximum absolute atomic E-state index is 13.3. The van der Waals surface area contributed by atoms with Crippen LogP contribution in [-0.4, -0.2) is 27.3 Å². The number of rotatable bonds is 6. The average molecular weight is 402 g/mol. The molecular formula is C21H24FN3O2S. The molecule has 0 spiro atoms. The molecule has 2 heterocycles. The number of aromatic nitrogens is 3. The van der Waals surface area contributed by atoms with Crippen molar-refractivity contribution in [3.63, 3.8) is 0 Å². The molecular weight excluding hydrogens is 377 g/mol. The van der Waals surface area contributed by atoms with Crippen LogP contribution >= 0.6 is 11.3 Å². The fourth-order valence-corrected chi connectivity index (χ4v) is 3.82. The van der Waals surface area contributed by atoms with Crippen molar-refractivity contribution in [1.82, 2.24) is 14.8 Å². The summed E-state index contributed by atoms with van der Waals surface area (Å²) < 4.78 is 20.3. The van der Waals surface area contributed by atoms with Gasteiger partial charge in [0.25, 0.3) is 0 Å². The van der Waals surface area contributed by atoms with Crippen LogP contribution in [0.5, 0.6) is 0 Å². The van der Waals surface area contributed by atoms with Gasteiger partial charge in [-0.2, -0.15) is 5.10 Å². The molecule has 148 valence electrons. The van der Waals surface area contributed by atoms with Crippen LogP contribution in [0.4, 0.5) is 4.39 Å². The molecule has 28 heavy (non-hydrogen) atoms. The normalized spacial score (nSPS) is 11.6. The number of hydrogen-bond donors (Lipinski definition) is 0. The average Bonchev–Trinajstić information content (AvgIpc) is 3.23. The van der Waals surface area contributed by atoms with Crippen molar-refractivity contribution in [2.45, 2.75) is 46.1 Å². The third-order valence-corrected chi connectivity index (χ3v) is 5.13. The Hall–Kier alpha value is -2.54. The Kier molecular flexibility index (Phi) is 5.93. The molecule has 0 radical (unpaired) electrons. The monoisotopic (exact) mass is 401 g/mol. The number of ether oxygens (including phenoxy) is 1. The predicted octanol–water partition coefficient (Wildman–Crippen LogP) is 4.60. The van der Waals surface area contributed by atoms with Crippen LogP contribution in [0.2, 0.25) is 0 Å². The molecule has 0 aliphatic carbocycles. The van der Waals surface area contributed by atoms with Gasteiger partial charge in [0, 0.05) is 11.8 Å². The Morgan fingerprint density at radius 3 is 2.61 bits per heavy atom. The van der Waals surface area contributed by atoms with Gasteiger partial charge in [0.1, 0.15) is 10.8 Å². The summed E-state index contributed by atoms with van der Waals surface area (Å²) in [5.41, 5.74) is 3.42. The molecule has 7 heteroatoms. The molecule has 0 N–H and O–H groups in total. The summed E-state index contributed by atoms with van der Waals surface area (Å²) in [6, 6.07) is 6.50. The zero-order valence-electron chi connectivity index (χ0n) is 16.5. The molecule has 0 atom stereocenters. The van der Waals surface area contributed by atoms with Gasteiger partial charge >= 0.3 is 5.97 Å². The van der Waals surface area contributed by atoms with Gasteiger partial charge in [0.05, 0.1) is 41.7 Å². The van der Waals surface area contributed by atoms with E-state index in [2.05, 4.69) is 30.9 Å². The topological polar surface area (TPSA) is 57.0 Å². The molecule has 0 aliphatic heterocycles. The van der Waals surface area contributed by atoms with Crippen LogP contribution in [0, 0.1) is 5.82 Å². The number of halogens is 1. The van der Waals surface area contributed by atoms with Crippen molar-refractivity contribution in [1.29, 1.82) is 0 Å². The van der Waals surface area contributed by atoms with Gasteiger partial charge in [-0.05, 0) is 45.4 Å². The third-order valence-electron chi connectivity index (χ3n) is 4.20. The lowest BCUT2D eigenvalue weighted by molar-refractivity contribution is -0.142. The molecule has 0 amide bonds. The largest absolute Gasteiger partial charge is 0.466 e. The standard InChI is InChI=1S/C21H24FN3O2S/c1-5-27-19(26)11-16-13-28-20(24-16)17-12-23-25(21(2,3)4)18(17)10-14-6-8-15(22)9-7-14/h6-9,12-13H,5,10-11H2,1-4H3. The Balaban J connectivity index is 1.95. The minimum absolute atomic E-state index is 0.158. The number of esters is 1. The molecule has 0 saturated heterocycles. The maximum atomic E-state index is 13.3. The lowest BCUT2D eigenvalue weighted by atomic mass is 10.0. The van der Waals surface area contributed by atoms with Gasteiger partial charge in [-0.15, -0.1) is 11.3 Å². The fourth-order valence-electron chi connectivity index (χ4n) is 2.97. The summed E-state index contributed by atoms with van der Waals surface area (Å²) in [7, 11) is 0. The minimum atomic E-state index is -0.281. The summed E-state index contributed by atoms with van der Waals surface area (Å²) in [5, 5.41) is 7.28. The van der Waals surface area contributed by atoms with Crippen molar-refractivity contribution in [2.24, 2.45) is 0 Å². The van der Waals surface area contributed by atoms with E-state index in [0.717, 1.165) is 21.8 Å². The quantitative estimate of drug-likeness (QED) is 0.567. The van der Waals surface area contributed by atoms with Crippen molar-refractivity contribution >= 4 is 17.3 Å². The highest BCUT2D eigenvalue weighted by molar-refractivity contribution is 7.13. The SMILES string of the molecule is CCOC(=O)Cc1csc(-c2cnn(C(C)(C)C)c2Cc2ccc(F)cc2)n1. The number of thiazole rings is 1. The fraction of sp³-hybridized carbons (Fsp3) is 0.381. The van der Waals surface area contributed by atoms with Crippen LogP contribution in [0.3, 0.4) is 0 Å².